The molecule has 5 nitrogen and oxygen atoms in total. The zero-order valence-corrected chi connectivity index (χ0v) is 9.17. The highest BCUT2D eigenvalue weighted by atomic mass is 19.4. The fourth-order valence-electron chi connectivity index (χ4n) is 1.24. The van der Waals surface area contributed by atoms with E-state index < -0.39 is 25.0 Å². The quantitative estimate of drug-likeness (QED) is 0.801. The Hall–Kier alpha value is -1.60. The van der Waals surface area contributed by atoms with Gasteiger partial charge in [-0.2, -0.15) is 18.3 Å². The lowest BCUT2D eigenvalue weighted by Crippen LogP contribution is -2.39. The molecule has 0 fully saturated rings. The molecule has 0 radical (unpaired) electrons. The number of amides is 2. The van der Waals surface area contributed by atoms with Gasteiger partial charge < -0.3 is 4.90 Å². The molecule has 0 aromatic heterocycles. The molecule has 1 rings (SSSR count). The van der Waals surface area contributed by atoms with Crippen LogP contribution in [0.5, 0.6) is 0 Å². The number of hydrazone groups is 1. The van der Waals surface area contributed by atoms with Gasteiger partial charge in [-0.25, -0.2) is 5.43 Å². The van der Waals surface area contributed by atoms with Crippen molar-refractivity contribution in [2.24, 2.45) is 5.10 Å². The summed E-state index contributed by atoms with van der Waals surface area (Å²) in [6.07, 6.45) is -5.08. The minimum atomic E-state index is -4.29. The Balaban J connectivity index is 2.50. The van der Waals surface area contributed by atoms with Crippen molar-refractivity contribution >= 4 is 17.5 Å². The Morgan fingerprint density at radius 1 is 1.47 bits per heavy atom. The molecule has 1 heterocycles. The minimum Gasteiger partial charge on any atom is -0.340 e. The molecule has 0 saturated heterocycles. The second-order valence-electron chi connectivity index (χ2n) is 3.69. The summed E-state index contributed by atoms with van der Waals surface area (Å²) in [5, 5.41) is 3.52. The molecule has 0 aliphatic carbocycles. The number of carbonyl (C=O) groups is 2. The van der Waals surface area contributed by atoms with Gasteiger partial charge in [0, 0.05) is 26.4 Å². The van der Waals surface area contributed by atoms with E-state index in [0.29, 0.717) is 0 Å². The molecule has 17 heavy (non-hydrogen) atoms. The van der Waals surface area contributed by atoms with Gasteiger partial charge in [0.25, 0.3) is 5.91 Å². The number of rotatable bonds is 3. The third kappa shape index (κ3) is 4.41. The molecule has 0 spiro atoms. The lowest BCUT2D eigenvalue weighted by Gasteiger charge is -2.20. The summed E-state index contributed by atoms with van der Waals surface area (Å²) in [6, 6.07) is 0. The number of hydrogen-bond donors (Lipinski definition) is 1. The van der Waals surface area contributed by atoms with Gasteiger partial charge in [-0.15, -0.1) is 0 Å². The molecule has 0 unspecified atom stereocenters. The first kappa shape index (κ1) is 13.5. The van der Waals surface area contributed by atoms with Crippen molar-refractivity contribution in [3.63, 3.8) is 0 Å². The molecule has 0 bridgehead atoms. The summed E-state index contributed by atoms with van der Waals surface area (Å²) in [7, 11) is 1.27. The van der Waals surface area contributed by atoms with Crippen LogP contribution in [0.2, 0.25) is 0 Å². The van der Waals surface area contributed by atoms with E-state index in [0.717, 1.165) is 4.90 Å². The lowest BCUT2D eigenvalue weighted by atomic mass is 10.1. The fraction of sp³-hybridized carbons (Fsp3) is 0.667. The van der Waals surface area contributed by atoms with Crippen molar-refractivity contribution in [2.45, 2.75) is 25.4 Å². The van der Waals surface area contributed by atoms with Crippen LogP contribution in [0.3, 0.4) is 0 Å². The first-order valence-corrected chi connectivity index (χ1v) is 4.97. The maximum Gasteiger partial charge on any atom is 0.390 e. The largest absolute Gasteiger partial charge is 0.390 e. The normalized spacial score (nSPS) is 16.2. The monoisotopic (exact) mass is 251 g/mol. The van der Waals surface area contributed by atoms with E-state index in [2.05, 4.69) is 10.5 Å². The molecule has 0 saturated carbocycles. The topological polar surface area (TPSA) is 61.8 Å². The van der Waals surface area contributed by atoms with E-state index in [1.807, 2.05) is 0 Å². The van der Waals surface area contributed by atoms with Crippen LogP contribution in [0.4, 0.5) is 13.2 Å². The van der Waals surface area contributed by atoms with Gasteiger partial charge in [0.2, 0.25) is 5.91 Å². The SMILES string of the molecule is CN(CCC(F)(F)F)C(=O)C1=NNC(=O)CC1. The summed E-state index contributed by atoms with van der Waals surface area (Å²) in [6.45, 7) is -0.421. The Morgan fingerprint density at radius 2 is 2.12 bits per heavy atom. The number of carbonyl (C=O) groups excluding carboxylic acids is 2. The second-order valence-corrected chi connectivity index (χ2v) is 3.69. The number of nitrogens with zero attached hydrogens (tertiary/aromatic N) is 2. The Bertz CT molecular complexity index is 352. The maximum absolute atomic E-state index is 11.9. The first-order valence-electron chi connectivity index (χ1n) is 4.97. The highest BCUT2D eigenvalue weighted by molar-refractivity contribution is 6.39. The molecule has 1 N–H and O–H groups in total. The Morgan fingerprint density at radius 3 is 2.59 bits per heavy atom. The van der Waals surface area contributed by atoms with Crippen LogP contribution >= 0.6 is 0 Å². The molecule has 96 valence electrons. The second kappa shape index (κ2) is 5.15. The van der Waals surface area contributed by atoms with Gasteiger partial charge in [-0.1, -0.05) is 0 Å². The summed E-state index contributed by atoms with van der Waals surface area (Å²) in [5.74, 6) is -0.895. The standard InChI is InChI=1S/C9H12F3N3O2/c1-15(5-4-9(10,11)12)8(17)6-2-3-7(16)14-13-6/h2-5H2,1H3,(H,14,16). The molecule has 0 aromatic rings. The molecule has 2 amide bonds. The number of alkyl halides is 3. The zero-order chi connectivity index (χ0) is 13.1. The van der Waals surface area contributed by atoms with Crippen molar-refractivity contribution in [1.82, 2.24) is 10.3 Å². The predicted octanol–water partition coefficient (Wildman–Crippen LogP) is 0.663. The van der Waals surface area contributed by atoms with Crippen LogP contribution in [0, 0.1) is 0 Å². The predicted molar refractivity (Wildman–Crippen MR) is 53.1 cm³/mol. The molecule has 0 atom stereocenters. The van der Waals surface area contributed by atoms with Crippen molar-refractivity contribution in [3.8, 4) is 0 Å². The van der Waals surface area contributed by atoms with Crippen molar-refractivity contribution in [3.05, 3.63) is 0 Å². The minimum absolute atomic E-state index is 0.0780. The maximum atomic E-state index is 11.9. The molecular weight excluding hydrogens is 239 g/mol. The zero-order valence-electron chi connectivity index (χ0n) is 9.17. The van der Waals surface area contributed by atoms with Crippen LogP contribution in [-0.2, 0) is 9.59 Å². The van der Waals surface area contributed by atoms with E-state index in [4.69, 9.17) is 0 Å². The third-order valence-corrected chi connectivity index (χ3v) is 2.23. The summed E-state index contributed by atoms with van der Waals surface area (Å²) in [4.78, 5) is 23.3. The van der Waals surface area contributed by atoms with Crippen LogP contribution in [0.15, 0.2) is 5.10 Å². The fourth-order valence-corrected chi connectivity index (χ4v) is 1.24. The summed E-state index contributed by atoms with van der Waals surface area (Å²) < 4.78 is 35.8. The van der Waals surface area contributed by atoms with Gasteiger partial charge in [-0.05, 0) is 0 Å². The first-order chi connectivity index (χ1) is 7.79. The lowest BCUT2D eigenvalue weighted by molar-refractivity contribution is -0.141. The Kier molecular flexibility index (Phi) is 4.08. The van der Waals surface area contributed by atoms with Crippen LogP contribution in [0.1, 0.15) is 19.3 Å². The number of halogens is 3. The van der Waals surface area contributed by atoms with E-state index >= 15 is 0 Å². The van der Waals surface area contributed by atoms with Crippen LogP contribution < -0.4 is 5.43 Å². The summed E-state index contributed by atoms with van der Waals surface area (Å²) >= 11 is 0. The number of hydrogen-bond acceptors (Lipinski definition) is 3. The number of nitrogens with one attached hydrogen (secondary N) is 1. The average Bonchev–Trinajstić information content (AvgIpc) is 2.25. The van der Waals surface area contributed by atoms with Crippen LogP contribution in [-0.4, -0.2) is 42.2 Å². The Labute approximate surface area is 95.6 Å². The smallest absolute Gasteiger partial charge is 0.340 e. The summed E-state index contributed by atoms with van der Waals surface area (Å²) in [5.41, 5.74) is 2.20. The highest BCUT2D eigenvalue weighted by Crippen LogP contribution is 2.19. The van der Waals surface area contributed by atoms with Gasteiger partial charge in [-0.3, -0.25) is 9.59 Å². The van der Waals surface area contributed by atoms with E-state index in [1.54, 1.807) is 0 Å². The van der Waals surface area contributed by atoms with Crippen molar-refractivity contribution in [1.29, 1.82) is 0 Å². The van der Waals surface area contributed by atoms with Crippen LogP contribution in [0.25, 0.3) is 0 Å². The van der Waals surface area contributed by atoms with Crippen molar-refractivity contribution < 1.29 is 22.8 Å². The van der Waals surface area contributed by atoms with E-state index in [1.165, 1.54) is 7.05 Å². The van der Waals surface area contributed by atoms with Crippen molar-refractivity contribution in [2.75, 3.05) is 13.6 Å². The van der Waals surface area contributed by atoms with E-state index in [-0.39, 0.29) is 24.5 Å². The third-order valence-electron chi connectivity index (χ3n) is 2.23. The van der Waals surface area contributed by atoms with Gasteiger partial charge in [0.15, 0.2) is 0 Å². The van der Waals surface area contributed by atoms with E-state index in [9.17, 15) is 22.8 Å². The van der Waals surface area contributed by atoms with Gasteiger partial charge in [0.05, 0.1) is 6.42 Å². The average molecular weight is 251 g/mol. The molecular formula is C9H12F3N3O2. The molecule has 1 aliphatic rings. The molecule has 8 heteroatoms. The van der Waals surface area contributed by atoms with Gasteiger partial charge in [0.1, 0.15) is 5.71 Å². The molecule has 0 aromatic carbocycles. The highest BCUT2D eigenvalue weighted by Gasteiger charge is 2.29. The van der Waals surface area contributed by atoms with Gasteiger partial charge >= 0.3 is 6.18 Å². The molecule has 1 aliphatic heterocycles.